The molecule has 0 saturated heterocycles. The van der Waals surface area contributed by atoms with Crippen LogP contribution >= 0.6 is 0 Å². The van der Waals surface area contributed by atoms with Gasteiger partial charge in [0.2, 0.25) is 0 Å². The van der Waals surface area contributed by atoms with Gasteiger partial charge in [0, 0.05) is 20.6 Å². The Morgan fingerprint density at radius 1 is 1.10 bits per heavy atom. The number of hydrogen-bond donors (Lipinski definition) is 0. The molecule has 0 fully saturated rings. The van der Waals surface area contributed by atoms with Crippen LogP contribution in [-0.2, 0) is 13.0 Å². The lowest BCUT2D eigenvalue weighted by atomic mass is 10.4. The third kappa shape index (κ3) is 4.54. The molecule has 0 radical (unpaired) electrons. The van der Waals surface area contributed by atoms with Crippen LogP contribution in [0.2, 0.25) is 19.1 Å². The normalized spacial score (nSPS) is 14.6. The van der Waals surface area contributed by atoms with E-state index in [0.29, 0.717) is 6.42 Å². The largest absolute Gasteiger partial charge is 0.411 e. The van der Waals surface area contributed by atoms with Gasteiger partial charge in [0.15, 0.2) is 0 Å². The van der Waals surface area contributed by atoms with E-state index in [1.807, 2.05) is 43.4 Å². The average Bonchev–Trinajstić information content (AvgIpc) is 2.47. The van der Waals surface area contributed by atoms with E-state index < -0.39 is 17.1 Å². The second kappa shape index (κ2) is 7.71. The molecule has 0 aromatic heterocycles. The molecular weight excluding hydrogens is 286 g/mol. The highest BCUT2D eigenvalue weighted by molar-refractivity contribution is 6.88. The molecule has 110 valence electrons. The van der Waals surface area contributed by atoms with Gasteiger partial charge >= 0.3 is 17.1 Å². The van der Waals surface area contributed by atoms with Gasteiger partial charge in [-0.1, -0.05) is 30.3 Å². The first-order chi connectivity index (χ1) is 9.49. The molecule has 1 aromatic rings. The summed E-state index contributed by atoms with van der Waals surface area (Å²) >= 11 is 0. The number of nitriles is 1. The standard InChI is InChI=1S/C14H23NO3Si2/c1-16-19(3,4)18-20(17-2,13-9-8-12-15)14-10-6-5-7-11-14/h5-7,10-11H,8-9,13H2,1-4H3. The van der Waals surface area contributed by atoms with E-state index in [1.165, 1.54) is 0 Å². The first-order valence-corrected chi connectivity index (χ1v) is 11.6. The molecule has 0 bridgehead atoms. The molecule has 1 atom stereocenters. The third-order valence-corrected chi connectivity index (χ3v) is 10.4. The molecule has 1 unspecified atom stereocenters. The van der Waals surface area contributed by atoms with Crippen molar-refractivity contribution in [1.82, 2.24) is 0 Å². The quantitative estimate of drug-likeness (QED) is 0.547. The highest BCUT2D eigenvalue weighted by Crippen LogP contribution is 2.22. The fourth-order valence-corrected chi connectivity index (χ4v) is 8.84. The summed E-state index contributed by atoms with van der Waals surface area (Å²) in [6.07, 6.45) is 1.29. The van der Waals surface area contributed by atoms with Gasteiger partial charge in [0.25, 0.3) is 0 Å². The predicted octanol–water partition coefficient (Wildman–Crippen LogP) is 2.65. The van der Waals surface area contributed by atoms with Crippen LogP contribution in [0.5, 0.6) is 0 Å². The summed E-state index contributed by atoms with van der Waals surface area (Å²) in [5, 5.41) is 9.85. The van der Waals surface area contributed by atoms with Gasteiger partial charge in [0.05, 0.1) is 6.07 Å². The molecule has 1 aromatic carbocycles. The maximum atomic E-state index is 8.75. The van der Waals surface area contributed by atoms with E-state index in [0.717, 1.165) is 17.7 Å². The molecule has 0 saturated carbocycles. The number of nitrogens with zero attached hydrogens (tertiary/aromatic N) is 1. The second-order valence-corrected chi connectivity index (χ2v) is 12.1. The van der Waals surface area contributed by atoms with Gasteiger partial charge in [0.1, 0.15) is 0 Å². The highest BCUT2D eigenvalue weighted by atomic mass is 28.5. The van der Waals surface area contributed by atoms with Gasteiger partial charge in [-0.3, -0.25) is 0 Å². The lowest BCUT2D eigenvalue weighted by Crippen LogP contribution is -2.59. The number of benzene rings is 1. The van der Waals surface area contributed by atoms with Crippen molar-refractivity contribution in [1.29, 1.82) is 5.26 Å². The third-order valence-electron chi connectivity index (χ3n) is 3.24. The average molecular weight is 310 g/mol. The van der Waals surface area contributed by atoms with Crippen LogP contribution in [0.15, 0.2) is 30.3 Å². The molecule has 0 heterocycles. The molecule has 0 aliphatic carbocycles. The van der Waals surface area contributed by atoms with Gasteiger partial charge in [-0.2, -0.15) is 5.26 Å². The zero-order chi connectivity index (χ0) is 15.1. The summed E-state index contributed by atoms with van der Waals surface area (Å²) in [5.41, 5.74) is 0. The molecular formula is C14H23NO3Si2. The van der Waals surface area contributed by atoms with Crippen molar-refractivity contribution in [2.45, 2.75) is 32.0 Å². The zero-order valence-corrected chi connectivity index (χ0v) is 14.7. The monoisotopic (exact) mass is 309 g/mol. The summed E-state index contributed by atoms with van der Waals surface area (Å²) in [4.78, 5) is 0. The SMILES string of the molecule is CO[Si](C)(C)O[Si](CCCC#N)(OC)c1ccccc1. The van der Waals surface area contributed by atoms with Crippen molar-refractivity contribution in [3.05, 3.63) is 30.3 Å². The summed E-state index contributed by atoms with van der Waals surface area (Å²) in [6.45, 7) is 4.03. The van der Waals surface area contributed by atoms with Crippen molar-refractivity contribution in [2.24, 2.45) is 0 Å². The van der Waals surface area contributed by atoms with Crippen LogP contribution in [0.1, 0.15) is 12.8 Å². The molecule has 0 spiro atoms. The Labute approximate surface area is 123 Å². The molecule has 0 amide bonds. The van der Waals surface area contributed by atoms with Gasteiger partial charge in [-0.15, -0.1) is 0 Å². The van der Waals surface area contributed by atoms with E-state index in [9.17, 15) is 0 Å². The van der Waals surface area contributed by atoms with Crippen LogP contribution in [0.3, 0.4) is 0 Å². The molecule has 0 aliphatic rings. The summed E-state index contributed by atoms with van der Waals surface area (Å²) < 4.78 is 17.8. The lowest BCUT2D eigenvalue weighted by Gasteiger charge is -2.36. The van der Waals surface area contributed by atoms with E-state index >= 15 is 0 Å². The van der Waals surface area contributed by atoms with Crippen molar-refractivity contribution in [3.8, 4) is 6.07 Å². The summed E-state index contributed by atoms with van der Waals surface area (Å²) in [6, 6.07) is 13.0. The lowest BCUT2D eigenvalue weighted by molar-refractivity contribution is 0.250. The first-order valence-electron chi connectivity index (χ1n) is 6.72. The Bertz CT molecular complexity index is 447. The van der Waals surface area contributed by atoms with E-state index in [-0.39, 0.29) is 0 Å². The Hall–Kier alpha value is -0.976. The van der Waals surface area contributed by atoms with Gasteiger partial charge in [-0.25, -0.2) is 0 Å². The van der Waals surface area contributed by atoms with Crippen LogP contribution in [0, 0.1) is 11.3 Å². The van der Waals surface area contributed by atoms with E-state index in [1.54, 1.807) is 14.2 Å². The van der Waals surface area contributed by atoms with Crippen LogP contribution < -0.4 is 5.19 Å². The maximum absolute atomic E-state index is 8.75. The van der Waals surface area contributed by atoms with Crippen molar-refractivity contribution in [2.75, 3.05) is 14.2 Å². The number of hydrogen-bond acceptors (Lipinski definition) is 4. The van der Waals surface area contributed by atoms with Crippen molar-refractivity contribution in [3.63, 3.8) is 0 Å². The molecule has 0 aliphatic heterocycles. The van der Waals surface area contributed by atoms with Gasteiger partial charge in [-0.05, 0) is 30.7 Å². The summed E-state index contributed by atoms with van der Waals surface area (Å²) in [7, 11) is -1.39. The Morgan fingerprint density at radius 2 is 1.75 bits per heavy atom. The Kier molecular flexibility index (Phi) is 6.59. The Morgan fingerprint density at radius 3 is 2.25 bits per heavy atom. The minimum absolute atomic E-state index is 0.517. The predicted molar refractivity (Wildman–Crippen MR) is 84.1 cm³/mol. The minimum atomic E-state index is -2.55. The van der Waals surface area contributed by atoms with Crippen molar-refractivity contribution >= 4 is 22.3 Å². The fraction of sp³-hybridized carbons (Fsp3) is 0.500. The zero-order valence-electron chi connectivity index (χ0n) is 12.7. The molecule has 0 N–H and O–H groups in total. The van der Waals surface area contributed by atoms with E-state index in [4.69, 9.17) is 18.2 Å². The number of rotatable bonds is 8. The van der Waals surface area contributed by atoms with Gasteiger partial charge < -0.3 is 13.0 Å². The Balaban J connectivity index is 3.06. The number of unbranched alkanes of at least 4 members (excludes halogenated alkanes) is 1. The van der Waals surface area contributed by atoms with Crippen LogP contribution in [-0.4, -0.2) is 31.3 Å². The van der Waals surface area contributed by atoms with E-state index in [2.05, 4.69) is 6.07 Å². The summed E-state index contributed by atoms with van der Waals surface area (Å²) in [5.74, 6) is 0. The van der Waals surface area contributed by atoms with Crippen LogP contribution in [0.25, 0.3) is 0 Å². The molecule has 6 heteroatoms. The van der Waals surface area contributed by atoms with Crippen LogP contribution in [0.4, 0.5) is 0 Å². The maximum Gasteiger partial charge on any atom is 0.363 e. The van der Waals surface area contributed by atoms with Crippen molar-refractivity contribution < 1.29 is 13.0 Å². The highest BCUT2D eigenvalue weighted by Gasteiger charge is 2.44. The first kappa shape index (κ1) is 17.1. The fourth-order valence-electron chi connectivity index (χ4n) is 2.05. The second-order valence-electron chi connectivity index (χ2n) is 5.04. The topological polar surface area (TPSA) is 51.5 Å². The molecule has 20 heavy (non-hydrogen) atoms. The minimum Gasteiger partial charge on any atom is -0.411 e. The smallest absolute Gasteiger partial charge is 0.363 e. The molecule has 1 rings (SSSR count). The molecule has 4 nitrogen and oxygen atoms in total.